The van der Waals surface area contributed by atoms with Gasteiger partial charge in [0.15, 0.2) is 0 Å². The summed E-state index contributed by atoms with van der Waals surface area (Å²) >= 11 is 0. The summed E-state index contributed by atoms with van der Waals surface area (Å²) in [6.45, 7) is 7.32. The molecule has 2 unspecified atom stereocenters. The molecule has 0 saturated carbocycles. The number of amidine groups is 1. The zero-order valence-electron chi connectivity index (χ0n) is 23.6. The second kappa shape index (κ2) is 12.5. The van der Waals surface area contributed by atoms with E-state index in [9.17, 15) is 4.79 Å². The van der Waals surface area contributed by atoms with Crippen LogP contribution in [0.15, 0.2) is 77.8 Å². The van der Waals surface area contributed by atoms with Crippen LogP contribution in [-0.4, -0.2) is 18.3 Å². The Morgan fingerprint density at radius 3 is 2.72 bits per heavy atom. The van der Waals surface area contributed by atoms with Gasteiger partial charge in [0.25, 0.3) is 5.91 Å². The highest BCUT2D eigenvalue weighted by Crippen LogP contribution is 2.32. The smallest absolute Gasteiger partial charge is 0.251 e. The number of benzene rings is 3. The van der Waals surface area contributed by atoms with Crippen molar-refractivity contribution in [3.05, 3.63) is 106 Å². The lowest BCUT2D eigenvalue weighted by atomic mass is 9.90. The molecule has 3 aromatic carbocycles. The summed E-state index contributed by atoms with van der Waals surface area (Å²) in [5.41, 5.74) is 8.99. The molecule has 1 aliphatic heterocycles. The Labute approximate surface area is 233 Å². The summed E-state index contributed by atoms with van der Waals surface area (Å²) in [5.74, 6) is 1.92. The normalized spacial score (nSPS) is 18.8. The van der Waals surface area contributed by atoms with Crippen LogP contribution in [0.1, 0.15) is 97.0 Å². The lowest BCUT2D eigenvalue weighted by molar-refractivity contribution is 0.0953. The number of anilines is 1. The monoisotopic (exact) mass is 519 g/mol. The average molecular weight is 520 g/mol. The van der Waals surface area contributed by atoms with Gasteiger partial charge in [0, 0.05) is 28.9 Å². The number of rotatable bonds is 6. The summed E-state index contributed by atoms with van der Waals surface area (Å²) < 4.78 is 0. The van der Waals surface area contributed by atoms with Gasteiger partial charge in [-0.1, -0.05) is 75.7 Å². The Bertz CT molecular complexity index is 1390. The van der Waals surface area contributed by atoms with E-state index < -0.39 is 0 Å². The molecule has 4 nitrogen and oxygen atoms in total. The van der Waals surface area contributed by atoms with E-state index in [0.29, 0.717) is 18.0 Å². The van der Waals surface area contributed by atoms with Crippen LogP contribution in [0, 0.1) is 5.92 Å². The standard InChI is InChI=1S/C35H41N3O/c1-4-20-36-35(39)28-13-9-12-27(22-28)33-19-16-24(3)31-14-6-7-15-32(31)34(38-33)37-30-18-17-26-11-8-10-25(5-2)21-29(26)23-30/h6-7,9,12-15,17-19,22-25H,4-5,8,10-11,16,20-21H2,1-3H3,(H,36,39)(H,37,38). The highest BCUT2D eigenvalue weighted by atomic mass is 16.1. The molecule has 1 heterocycles. The molecule has 2 aliphatic rings. The van der Waals surface area contributed by atoms with Crippen LogP contribution in [0.3, 0.4) is 0 Å². The van der Waals surface area contributed by atoms with E-state index in [0.717, 1.165) is 53.5 Å². The molecule has 4 heteroatoms. The number of amides is 1. The van der Waals surface area contributed by atoms with Crippen molar-refractivity contribution in [2.45, 2.75) is 71.6 Å². The summed E-state index contributed by atoms with van der Waals surface area (Å²) in [6.07, 6.45) is 10.2. The highest BCUT2D eigenvalue weighted by molar-refractivity contribution is 6.11. The zero-order valence-corrected chi connectivity index (χ0v) is 23.6. The van der Waals surface area contributed by atoms with Gasteiger partial charge >= 0.3 is 0 Å². The molecule has 202 valence electrons. The van der Waals surface area contributed by atoms with Crippen molar-refractivity contribution in [1.82, 2.24) is 5.32 Å². The summed E-state index contributed by atoms with van der Waals surface area (Å²) in [4.78, 5) is 17.9. The number of nitrogens with one attached hydrogen (secondary N) is 2. The van der Waals surface area contributed by atoms with Crippen molar-refractivity contribution in [3.8, 4) is 0 Å². The minimum Gasteiger partial charge on any atom is -0.352 e. The second-order valence-corrected chi connectivity index (χ2v) is 11.1. The van der Waals surface area contributed by atoms with Crippen LogP contribution in [0.5, 0.6) is 0 Å². The highest BCUT2D eigenvalue weighted by Gasteiger charge is 2.20. The fourth-order valence-corrected chi connectivity index (χ4v) is 5.84. The third-order valence-corrected chi connectivity index (χ3v) is 8.21. The molecule has 0 fully saturated rings. The molecule has 0 spiro atoms. The third kappa shape index (κ3) is 6.33. The van der Waals surface area contributed by atoms with Gasteiger partial charge in [-0.25, -0.2) is 4.99 Å². The summed E-state index contributed by atoms with van der Waals surface area (Å²) in [6, 6.07) is 23.3. The van der Waals surface area contributed by atoms with Gasteiger partial charge in [0.05, 0.1) is 5.70 Å². The topological polar surface area (TPSA) is 53.5 Å². The maximum Gasteiger partial charge on any atom is 0.251 e. The first-order valence-electron chi connectivity index (χ1n) is 14.7. The Morgan fingerprint density at radius 2 is 1.87 bits per heavy atom. The molecule has 2 atom stereocenters. The maximum absolute atomic E-state index is 12.7. The van der Waals surface area contributed by atoms with Crippen molar-refractivity contribution >= 4 is 23.1 Å². The molecular formula is C35H41N3O. The summed E-state index contributed by atoms with van der Waals surface area (Å²) in [5, 5.41) is 6.72. The Balaban J connectivity index is 1.53. The van der Waals surface area contributed by atoms with Crippen molar-refractivity contribution in [2.75, 3.05) is 11.9 Å². The predicted octanol–water partition coefficient (Wildman–Crippen LogP) is 8.14. The number of aryl methyl sites for hydroxylation is 1. The first-order valence-corrected chi connectivity index (χ1v) is 14.7. The fourth-order valence-electron chi connectivity index (χ4n) is 5.84. The molecule has 3 aromatic rings. The lowest BCUT2D eigenvalue weighted by Gasteiger charge is -2.22. The number of nitrogens with zero attached hydrogens (tertiary/aromatic N) is 1. The number of carbonyl (C=O) groups excluding carboxylic acids is 1. The van der Waals surface area contributed by atoms with Crippen molar-refractivity contribution in [1.29, 1.82) is 0 Å². The molecule has 0 aromatic heterocycles. The van der Waals surface area contributed by atoms with Gasteiger partial charge in [-0.3, -0.25) is 4.79 Å². The molecule has 1 amide bonds. The molecule has 0 saturated heterocycles. The molecule has 5 rings (SSSR count). The average Bonchev–Trinajstić information content (AvgIpc) is 3.18. The molecule has 0 bridgehead atoms. The Hall–Kier alpha value is -3.66. The quantitative estimate of drug-likeness (QED) is 0.323. The minimum absolute atomic E-state index is 0.0402. The maximum atomic E-state index is 12.7. The predicted molar refractivity (Wildman–Crippen MR) is 164 cm³/mol. The van der Waals surface area contributed by atoms with E-state index in [-0.39, 0.29) is 5.91 Å². The molecule has 39 heavy (non-hydrogen) atoms. The van der Waals surface area contributed by atoms with Gasteiger partial charge in [-0.05, 0) is 91.3 Å². The van der Waals surface area contributed by atoms with Crippen LogP contribution in [-0.2, 0) is 12.8 Å². The minimum atomic E-state index is -0.0402. The van der Waals surface area contributed by atoms with Crippen molar-refractivity contribution < 1.29 is 4.79 Å². The van der Waals surface area contributed by atoms with E-state index in [1.165, 1.54) is 42.4 Å². The van der Waals surface area contributed by atoms with Crippen LogP contribution in [0.2, 0.25) is 0 Å². The van der Waals surface area contributed by atoms with Crippen LogP contribution < -0.4 is 10.6 Å². The van der Waals surface area contributed by atoms with E-state index in [2.05, 4.69) is 86.0 Å². The number of carbonyl (C=O) groups is 1. The van der Waals surface area contributed by atoms with Crippen molar-refractivity contribution in [3.63, 3.8) is 0 Å². The zero-order chi connectivity index (χ0) is 27.2. The largest absolute Gasteiger partial charge is 0.352 e. The SMILES string of the molecule is CCCNC(=O)c1cccc(C2=CCC(C)c3ccccc3C(Nc3ccc4c(c3)CC(CC)CCC4)=N2)c1. The molecule has 2 N–H and O–H groups in total. The third-order valence-electron chi connectivity index (χ3n) is 8.21. The number of hydrogen-bond donors (Lipinski definition) is 2. The fraction of sp³-hybridized carbons (Fsp3) is 0.371. The van der Waals surface area contributed by atoms with Crippen LogP contribution in [0.4, 0.5) is 5.69 Å². The van der Waals surface area contributed by atoms with Gasteiger partial charge in [-0.2, -0.15) is 0 Å². The summed E-state index contributed by atoms with van der Waals surface area (Å²) in [7, 11) is 0. The Kier molecular flexibility index (Phi) is 8.61. The van der Waals surface area contributed by atoms with Crippen molar-refractivity contribution in [2.24, 2.45) is 10.9 Å². The first-order chi connectivity index (χ1) is 19.1. The van der Waals surface area contributed by atoms with E-state index in [1.807, 2.05) is 18.2 Å². The second-order valence-electron chi connectivity index (χ2n) is 11.1. The number of allylic oxidation sites excluding steroid dienone is 1. The number of hydrogen-bond acceptors (Lipinski definition) is 3. The van der Waals surface area contributed by atoms with Gasteiger partial charge in [0.1, 0.15) is 5.84 Å². The molecule has 1 aliphatic carbocycles. The molecule has 0 radical (unpaired) electrons. The van der Waals surface area contributed by atoms with E-state index in [4.69, 9.17) is 4.99 Å². The van der Waals surface area contributed by atoms with Crippen LogP contribution in [0.25, 0.3) is 5.70 Å². The van der Waals surface area contributed by atoms with Gasteiger partial charge in [0.2, 0.25) is 0 Å². The van der Waals surface area contributed by atoms with E-state index >= 15 is 0 Å². The number of fused-ring (bicyclic) bond motifs is 2. The Morgan fingerprint density at radius 1 is 1.00 bits per heavy atom. The first kappa shape index (κ1) is 26.9. The van der Waals surface area contributed by atoms with Gasteiger partial charge in [-0.15, -0.1) is 0 Å². The van der Waals surface area contributed by atoms with Gasteiger partial charge < -0.3 is 10.6 Å². The van der Waals surface area contributed by atoms with E-state index in [1.54, 1.807) is 0 Å². The van der Waals surface area contributed by atoms with Crippen LogP contribution >= 0.6 is 0 Å². The molecular weight excluding hydrogens is 478 g/mol. The number of aliphatic imine (C=N–C) groups is 1. The lowest BCUT2D eigenvalue weighted by Crippen LogP contribution is -2.24.